The van der Waals surface area contributed by atoms with E-state index in [9.17, 15) is 9.59 Å². The number of hydrogen-bond donors (Lipinski definition) is 2. The molecule has 0 aromatic heterocycles. The van der Waals surface area contributed by atoms with E-state index in [0.29, 0.717) is 0 Å². The number of rotatable bonds is 8. The highest BCUT2D eigenvalue weighted by atomic mass is 16.2. The molecule has 142 valence electrons. The summed E-state index contributed by atoms with van der Waals surface area (Å²) in [5, 5.41) is 7.10. The van der Waals surface area contributed by atoms with Crippen LogP contribution in [0.4, 0.5) is 5.69 Å². The Morgan fingerprint density at radius 2 is 1.63 bits per heavy atom. The van der Waals surface area contributed by atoms with Crippen LogP contribution < -0.4 is 10.7 Å². The minimum Gasteiger partial charge on any atom is -0.326 e. The van der Waals surface area contributed by atoms with E-state index in [1.165, 1.54) is 0 Å². The lowest BCUT2D eigenvalue weighted by Crippen LogP contribution is -2.22. The normalized spacial score (nSPS) is 11.1. The summed E-state index contributed by atoms with van der Waals surface area (Å²) in [4.78, 5) is 24.1. The third-order valence-corrected chi connectivity index (χ3v) is 4.14. The van der Waals surface area contributed by atoms with Crippen LogP contribution in [0.3, 0.4) is 0 Å². The van der Waals surface area contributed by atoms with Crippen LogP contribution in [0, 0.1) is 13.8 Å². The van der Waals surface area contributed by atoms with E-state index in [-0.39, 0.29) is 24.7 Å². The molecule has 0 aliphatic carbocycles. The molecule has 0 spiro atoms. The number of anilines is 1. The number of hydrazone groups is 1. The van der Waals surface area contributed by atoms with Gasteiger partial charge >= 0.3 is 0 Å². The fourth-order valence-electron chi connectivity index (χ4n) is 2.71. The Bertz CT molecular complexity index is 814. The number of aryl methyl sites for hydroxylation is 2. The molecular formula is C22H27N3O2. The van der Waals surface area contributed by atoms with Crippen molar-refractivity contribution in [3.63, 3.8) is 0 Å². The molecule has 0 radical (unpaired) electrons. The zero-order valence-electron chi connectivity index (χ0n) is 16.2. The van der Waals surface area contributed by atoms with Crippen molar-refractivity contribution in [2.75, 3.05) is 5.32 Å². The molecule has 0 saturated carbocycles. The minimum absolute atomic E-state index is 0.0917. The topological polar surface area (TPSA) is 70.6 Å². The van der Waals surface area contributed by atoms with Crippen molar-refractivity contribution in [1.82, 2.24) is 5.43 Å². The fraction of sp³-hybridized carbons (Fsp3) is 0.318. The smallest absolute Gasteiger partial charge is 0.240 e. The van der Waals surface area contributed by atoms with Crippen molar-refractivity contribution in [2.24, 2.45) is 5.10 Å². The van der Waals surface area contributed by atoms with Gasteiger partial charge < -0.3 is 5.32 Å². The van der Waals surface area contributed by atoms with E-state index in [1.807, 2.05) is 62.4 Å². The molecule has 0 atom stereocenters. The van der Waals surface area contributed by atoms with Gasteiger partial charge in [-0.3, -0.25) is 9.59 Å². The van der Waals surface area contributed by atoms with Crippen LogP contribution in [0.1, 0.15) is 49.3 Å². The highest BCUT2D eigenvalue weighted by molar-refractivity contribution is 6.01. The average Bonchev–Trinajstić information content (AvgIpc) is 2.66. The van der Waals surface area contributed by atoms with Gasteiger partial charge in [0, 0.05) is 18.5 Å². The maximum absolute atomic E-state index is 12.1. The molecule has 2 aromatic rings. The molecule has 0 aliphatic heterocycles. The number of amides is 2. The molecule has 0 aliphatic rings. The standard InChI is InChI=1S/C22H27N3O2/c1-4-8-20(18-9-6-5-7-10-18)24-25-22(27)14-13-21(26)23-19-12-11-16(2)15-17(19)3/h5-7,9-12,15H,4,8,13-14H2,1-3H3,(H,23,26)(H,25,27). The van der Waals surface area contributed by atoms with Crippen molar-refractivity contribution in [3.8, 4) is 0 Å². The number of benzene rings is 2. The van der Waals surface area contributed by atoms with E-state index in [4.69, 9.17) is 0 Å². The predicted molar refractivity (Wildman–Crippen MR) is 110 cm³/mol. The van der Waals surface area contributed by atoms with Crippen molar-refractivity contribution < 1.29 is 9.59 Å². The first-order valence-electron chi connectivity index (χ1n) is 9.27. The quantitative estimate of drug-likeness (QED) is 0.539. The van der Waals surface area contributed by atoms with Gasteiger partial charge in [0.25, 0.3) is 0 Å². The highest BCUT2D eigenvalue weighted by Gasteiger charge is 2.09. The van der Waals surface area contributed by atoms with Crippen molar-refractivity contribution in [3.05, 3.63) is 65.2 Å². The van der Waals surface area contributed by atoms with E-state index < -0.39 is 0 Å². The second-order valence-electron chi connectivity index (χ2n) is 6.58. The largest absolute Gasteiger partial charge is 0.326 e. The Hall–Kier alpha value is -2.95. The highest BCUT2D eigenvalue weighted by Crippen LogP contribution is 2.16. The van der Waals surface area contributed by atoms with Gasteiger partial charge in [0.15, 0.2) is 0 Å². The van der Waals surface area contributed by atoms with Crippen LogP contribution in [0.5, 0.6) is 0 Å². The van der Waals surface area contributed by atoms with E-state index in [0.717, 1.165) is 40.9 Å². The molecular weight excluding hydrogens is 338 g/mol. The number of nitrogens with one attached hydrogen (secondary N) is 2. The zero-order valence-corrected chi connectivity index (χ0v) is 16.2. The summed E-state index contributed by atoms with van der Waals surface area (Å²) in [6.07, 6.45) is 1.91. The Labute approximate surface area is 160 Å². The van der Waals surface area contributed by atoms with Crippen molar-refractivity contribution >= 4 is 23.2 Å². The SMILES string of the molecule is CCCC(=NNC(=O)CCC(=O)Nc1ccc(C)cc1C)c1ccccc1. The summed E-state index contributed by atoms with van der Waals surface area (Å²) in [6.45, 7) is 6.02. The van der Waals surface area contributed by atoms with E-state index in [1.54, 1.807) is 0 Å². The molecule has 2 rings (SSSR count). The van der Waals surface area contributed by atoms with Crippen LogP contribution in [0.25, 0.3) is 0 Å². The van der Waals surface area contributed by atoms with Crippen LogP contribution >= 0.6 is 0 Å². The Morgan fingerprint density at radius 1 is 0.926 bits per heavy atom. The predicted octanol–water partition coefficient (Wildman–Crippen LogP) is 4.34. The summed E-state index contributed by atoms with van der Waals surface area (Å²) in [5.74, 6) is -0.451. The van der Waals surface area contributed by atoms with Crippen molar-refractivity contribution in [2.45, 2.75) is 46.5 Å². The third kappa shape index (κ3) is 6.70. The van der Waals surface area contributed by atoms with Crippen LogP contribution in [-0.4, -0.2) is 17.5 Å². The average molecular weight is 365 g/mol. The van der Waals surface area contributed by atoms with Gasteiger partial charge in [0.05, 0.1) is 5.71 Å². The van der Waals surface area contributed by atoms with Gasteiger partial charge in [0.2, 0.25) is 11.8 Å². The van der Waals surface area contributed by atoms with Gasteiger partial charge in [-0.15, -0.1) is 0 Å². The van der Waals surface area contributed by atoms with Gasteiger partial charge in [-0.2, -0.15) is 5.10 Å². The van der Waals surface area contributed by atoms with Gasteiger partial charge in [-0.1, -0.05) is 61.4 Å². The fourth-order valence-corrected chi connectivity index (χ4v) is 2.71. The second-order valence-corrected chi connectivity index (χ2v) is 6.58. The molecule has 2 amide bonds. The lowest BCUT2D eigenvalue weighted by Gasteiger charge is -2.09. The van der Waals surface area contributed by atoms with Gasteiger partial charge in [0.1, 0.15) is 0 Å². The van der Waals surface area contributed by atoms with Gasteiger partial charge in [-0.25, -0.2) is 5.43 Å². The molecule has 0 saturated heterocycles. The zero-order chi connectivity index (χ0) is 19.6. The Morgan fingerprint density at radius 3 is 2.30 bits per heavy atom. The number of hydrogen-bond acceptors (Lipinski definition) is 3. The number of carbonyl (C=O) groups is 2. The Balaban J connectivity index is 1.86. The lowest BCUT2D eigenvalue weighted by molar-refractivity contribution is -0.124. The molecule has 0 bridgehead atoms. The first-order chi connectivity index (χ1) is 13.0. The van der Waals surface area contributed by atoms with Gasteiger partial charge in [-0.05, 0) is 37.5 Å². The van der Waals surface area contributed by atoms with Crippen molar-refractivity contribution in [1.29, 1.82) is 0 Å². The Kier molecular flexibility index (Phi) is 7.74. The van der Waals surface area contributed by atoms with Crippen LogP contribution in [0.2, 0.25) is 0 Å². The minimum atomic E-state index is -0.268. The van der Waals surface area contributed by atoms with Crippen LogP contribution in [0.15, 0.2) is 53.6 Å². The molecule has 0 unspecified atom stereocenters. The summed E-state index contributed by atoms with van der Waals surface area (Å²) in [5.41, 5.74) is 7.33. The third-order valence-electron chi connectivity index (χ3n) is 4.14. The van der Waals surface area contributed by atoms with Crippen LogP contribution in [-0.2, 0) is 9.59 Å². The molecule has 5 nitrogen and oxygen atoms in total. The monoisotopic (exact) mass is 365 g/mol. The maximum atomic E-state index is 12.1. The van der Waals surface area contributed by atoms with E-state index in [2.05, 4.69) is 22.8 Å². The first kappa shape index (κ1) is 20.4. The summed E-state index contributed by atoms with van der Waals surface area (Å²) in [7, 11) is 0. The second kappa shape index (κ2) is 10.3. The molecule has 2 N–H and O–H groups in total. The first-order valence-corrected chi connectivity index (χ1v) is 9.27. The molecule has 27 heavy (non-hydrogen) atoms. The molecule has 5 heteroatoms. The number of carbonyl (C=O) groups excluding carboxylic acids is 2. The molecule has 2 aromatic carbocycles. The molecule has 0 fully saturated rings. The number of nitrogens with zero attached hydrogens (tertiary/aromatic N) is 1. The summed E-state index contributed by atoms with van der Waals surface area (Å²) in [6, 6.07) is 15.6. The molecule has 0 heterocycles. The van der Waals surface area contributed by atoms with E-state index >= 15 is 0 Å². The summed E-state index contributed by atoms with van der Waals surface area (Å²) < 4.78 is 0. The maximum Gasteiger partial charge on any atom is 0.240 e. The lowest BCUT2D eigenvalue weighted by atomic mass is 10.1. The summed E-state index contributed by atoms with van der Waals surface area (Å²) >= 11 is 0.